The number of carbonyl (C=O) groups is 1. The number of halogens is 3. The van der Waals surface area contributed by atoms with Gasteiger partial charge in [-0.1, -0.05) is 0 Å². The topological polar surface area (TPSA) is 88.1 Å². The number of hydrogen-bond acceptors (Lipinski definition) is 7. The number of ether oxygens (including phenoxy) is 3. The molecular weight excluding hydrogens is 321 g/mol. The fourth-order valence-corrected chi connectivity index (χ4v) is 2.71. The van der Waals surface area contributed by atoms with Crippen LogP contribution in [0, 0.1) is 0 Å². The van der Waals surface area contributed by atoms with Crippen LogP contribution in [0.5, 0.6) is 0 Å². The summed E-state index contributed by atoms with van der Waals surface area (Å²) in [5.74, 6) is -2.00. The molecule has 0 unspecified atom stereocenters. The Bertz CT molecular complexity index is 555. The molecule has 0 radical (unpaired) electrons. The minimum Gasteiger partial charge on any atom is -0.455 e. The van der Waals surface area contributed by atoms with E-state index in [4.69, 9.17) is 14.2 Å². The van der Waals surface area contributed by atoms with Gasteiger partial charge in [0.15, 0.2) is 17.5 Å². The minimum absolute atomic E-state index is 0.851. The number of rotatable bonds is 3. The summed E-state index contributed by atoms with van der Waals surface area (Å²) in [6, 6.07) is 0. The molecule has 0 aliphatic carbocycles. The second-order valence-electron chi connectivity index (χ2n) is 5.28. The molecule has 122 valence electrons. The Morgan fingerprint density at radius 2 is 1.86 bits per heavy atom. The van der Waals surface area contributed by atoms with Crippen LogP contribution < -0.4 is 0 Å². The van der Waals surface area contributed by atoms with E-state index in [9.17, 15) is 26.4 Å². The van der Waals surface area contributed by atoms with E-state index in [0.717, 1.165) is 0 Å². The third-order valence-electron chi connectivity index (χ3n) is 3.08. The van der Waals surface area contributed by atoms with Crippen molar-refractivity contribution in [2.24, 2.45) is 0 Å². The lowest BCUT2D eigenvalue weighted by Crippen LogP contribution is -2.42. The number of carbonyl (C=O) groups excluding carboxylic acids is 1. The molecule has 0 spiro atoms. The van der Waals surface area contributed by atoms with Gasteiger partial charge >= 0.3 is 21.6 Å². The Morgan fingerprint density at radius 1 is 1.29 bits per heavy atom. The first-order chi connectivity index (χ1) is 9.29. The molecule has 0 N–H and O–H groups in total. The van der Waals surface area contributed by atoms with Gasteiger partial charge in [0.1, 0.15) is 12.7 Å². The average Bonchev–Trinajstić information content (AvgIpc) is 2.64. The van der Waals surface area contributed by atoms with Gasteiger partial charge in [-0.3, -0.25) is 4.18 Å². The Balaban J connectivity index is 2.12. The van der Waals surface area contributed by atoms with Crippen LogP contribution in [0.15, 0.2) is 0 Å². The van der Waals surface area contributed by atoms with Crippen LogP contribution in [0.2, 0.25) is 0 Å². The lowest BCUT2D eigenvalue weighted by atomic mass is 9.99. The van der Waals surface area contributed by atoms with Crippen LogP contribution in [0.4, 0.5) is 13.2 Å². The van der Waals surface area contributed by atoms with Gasteiger partial charge in [0.05, 0.1) is 0 Å². The Morgan fingerprint density at radius 3 is 2.38 bits per heavy atom. The summed E-state index contributed by atoms with van der Waals surface area (Å²) in [5, 5.41) is 0. The average molecular weight is 334 g/mol. The summed E-state index contributed by atoms with van der Waals surface area (Å²) < 4.78 is 77.6. The molecule has 2 aliphatic heterocycles. The van der Waals surface area contributed by atoms with Gasteiger partial charge in [-0.2, -0.15) is 21.6 Å². The van der Waals surface area contributed by atoms with Gasteiger partial charge < -0.3 is 14.2 Å². The maximum atomic E-state index is 12.2. The molecule has 0 aromatic rings. The van der Waals surface area contributed by atoms with Gasteiger partial charge in [-0.05, 0) is 20.8 Å². The Kier molecular flexibility index (Phi) is 3.56. The number of esters is 1. The van der Waals surface area contributed by atoms with Crippen molar-refractivity contribution in [2.45, 2.75) is 49.9 Å². The molecule has 11 heteroatoms. The maximum absolute atomic E-state index is 12.2. The van der Waals surface area contributed by atoms with E-state index < -0.39 is 51.8 Å². The summed E-state index contributed by atoms with van der Waals surface area (Å²) in [6.07, 6.45) is -2.38. The van der Waals surface area contributed by atoms with E-state index in [0.29, 0.717) is 0 Å². The zero-order valence-electron chi connectivity index (χ0n) is 11.3. The summed E-state index contributed by atoms with van der Waals surface area (Å²) >= 11 is 0. The normalized spacial score (nSPS) is 35.6. The summed E-state index contributed by atoms with van der Waals surface area (Å²) in [6.45, 7) is 3.36. The van der Waals surface area contributed by atoms with E-state index in [2.05, 4.69) is 4.18 Å². The molecule has 2 heterocycles. The minimum atomic E-state index is -5.77. The van der Waals surface area contributed by atoms with Gasteiger partial charge in [-0.25, -0.2) is 4.79 Å². The van der Waals surface area contributed by atoms with Crippen molar-refractivity contribution in [3.05, 3.63) is 0 Å². The lowest BCUT2D eigenvalue weighted by molar-refractivity contribution is -0.198. The second kappa shape index (κ2) is 4.54. The van der Waals surface area contributed by atoms with Crippen LogP contribution in [0.3, 0.4) is 0 Å². The van der Waals surface area contributed by atoms with Gasteiger partial charge in [0.2, 0.25) is 0 Å². The highest BCUT2D eigenvalue weighted by Gasteiger charge is 2.65. The van der Waals surface area contributed by atoms with Gasteiger partial charge in [0, 0.05) is 0 Å². The molecule has 2 fully saturated rings. The molecule has 3 atom stereocenters. The van der Waals surface area contributed by atoms with E-state index in [1.54, 1.807) is 0 Å². The SMILES string of the molecule is CC1(C)O[C@H]2[C@@H](COS(=O)(=O)C(F)(F)F)OC(=O)[C@@]2(C)O1. The zero-order chi connectivity index (χ0) is 16.3. The second-order valence-corrected chi connectivity index (χ2v) is 6.88. The lowest BCUT2D eigenvalue weighted by Gasteiger charge is -2.21. The molecule has 2 saturated heterocycles. The van der Waals surface area contributed by atoms with Crippen molar-refractivity contribution in [3.63, 3.8) is 0 Å². The van der Waals surface area contributed by atoms with E-state index in [1.165, 1.54) is 20.8 Å². The largest absolute Gasteiger partial charge is 0.523 e. The number of alkyl halides is 3. The molecule has 21 heavy (non-hydrogen) atoms. The van der Waals surface area contributed by atoms with Gasteiger partial charge in [0.25, 0.3) is 0 Å². The fourth-order valence-electron chi connectivity index (χ4n) is 2.26. The molecule has 2 rings (SSSR count). The smallest absolute Gasteiger partial charge is 0.455 e. The quantitative estimate of drug-likeness (QED) is 0.426. The first kappa shape index (κ1) is 16.5. The van der Waals surface area contributed by atoms with Crippen LogP contribution in [0.25, 0.3) is 0 Å². The van der Waals surface area contributed by atoms with Crippen molar-refractivity contribution in [2.75, 3.05) is 6.61 Å². The number of cyclic esters (lactones) is 1. The maximum Gasteiger partial charge on any atom is 0.523 e. The fraction of sp³-hybridized carbons (Fsp3) is 0.900. The molecule has 0 saturated carbocycles. The Hall–Kier alpha value is -0.910. The number of fused-ring (bicyclic) bond motifs is 1. The van der Waals surface area contributed by atoms with E-state index in [-0.39, 0.29) is 0 Å². The standard InChI is InChI=1S/C10H13F3O7S/c1-8(2)19-6-5(18-7(14)9(6,3)20-8)4-17-21(15,16)10(11,12)13/h5-6H,4H2,1-3H3/t5-,6+,9+/m1/s1. The highest BCUT2D eigenvalue weighted by atomic mass is 32.2. The third kappa shape index (κ3) is 2.74. The number of hydrogen-bond donors (Lipinski definition) is 0. The van der Waals surface area contributed by atoms with Crippen LogP contribution >= 0.6 is 0 Å². The van der Waals surface area contributed by atoms with Crippen LogP contribution in [-0.2, 0) is 33.3 Å². The summed E-state index contributed by atoms with van der Waals surface area (Å²) in [7, 11) is -5.77. The first-order valence-electron chi connectivity index (χ1n) is 5.83. The summed E-state index contributed by atoms with van der Waals surface area (Å²) in [4.78, 5) is 11.7. The highest BCUT2D eigenvalue weighted by Crippen LogP contribution is 2.44. The van der Waals surface area contributed by atoms with Crippen molar-refractivity contribution in [3.8, 4) is 0 Å². The molecule has 0 aromatic carbocycles. The molecule has 0 aromatic heterocycles. The molecule has 7 nitrogen and oxygen atoms in total. The van der Waals surface area contributed by atoms with E-state index >= 15 is 0 Å². The predicted octanol–water partition coefficient (Wildman–Crippen LogP) is 0.688. The highest BCUT2D eigenvalue weighted by molar-refractivity contribution is 7.87. The van der Waals surface area contributed by atoms with Gasteiger partial charge in [-0.15, -0.1) is 0 Å². The van der Waals surface area contributed by atoms with Crippen molar-refractivity contribution >= 4 is 16.1 Å². The van der Waals surface area contributed by atoms with Crippen molar-refractivity contribution in [1.82, 2.24) is 0 Å². The van der Waals surface area contributed by atoms with E-state index in [1.807, 2.05) is 0 Å². The monoisotopic (exact) mass is 334 g/mol. The summed E-state index contributed by atoms with van der Waals surface area (Å²) in [5.41, 5.74) is -7.06. The zero-order valence-corrected chi connectivity index (χ0v) is 12.1. The molecule has 0 amide bonds. The van der Waals surface area contributed by atoms with Crippen molar-refractivity contribution < 1.29 is 44.8 Å². The van der Waals surface area contributed by atoms with Crippen molar-refractivity contribution in [1.29, 1.82) is 0 Å². The molecule has 2 aliphatic rings. The van der Waals surface area contributed by atoms with Crippen LogP contribution in [0.1, 0.15) is 20.8 Å². The predicted molar refractivity (Wildman–Crippen MR) is 59.2 cm³/mol. The van der Waals surface area contributed by atoms with Crippen LogP contribution in [-0.4, -0.2) is 50.1 Å². The Labute approximate surface area is 118 Å². The first-order valence-corrected chi connectivity index (χ1v) is 7.24. The molecular formula is C10H13F3O7S. The molecule has 0 bridgehead atoms. The third-order valence-corrected chi connectivity index (χ3v) is 4.10.